The van der Waals surface area contributed by atoms with Crippen LogP contribution in [0.5, 0.6) is 0 Å². The van der Waals surface area contributed by atoms with Gasteiger partial charge in [-0.05, 0) is 36.8 Å². The van der Waals surface area contributed by atoms with E-state index in [1.807, 2.05) is 0 Å². The number of sulfonamides is 1. The SMILES string of the molecule is Cc1ccc(S(=O)(=O)NCc2ccco2)cc1C(=O)Nc1cn[nH]c1. The molecule has 2 heterocycles. The number of furan rings is 1. The van der Waals surface area contributed by atoms with Gasteiger partial charge < -0.3 is 9.73 Å². The van der Waals surface area contributed by atoms with Gasteiger partial charge in [0.15, 0.2) is 0 Å². The number of rotatable bonds is 6. The van der Waals surface area contributed by atoms with Crippen LogP contribution >= 0.6 is 0 Å². The molecule has 2 aromatic heterocycles. The first-order valence-corrected chi connectivity index (χ1v) is 8.87. The predicted molar refractivity (Wildman–Crippen MR) is 90.5 cm³/mol. The molecular weight excluding hydrogens is 344 g/mol. The van der Waals surface area contributed by atoms with Gasteiger partial charge in [0.1, 0.15) is 5.76 Å². The maximum absolute atomic E-state index is 12.4. The normalized spacial score (nSPS) is 11.4. The molecule has 0 unspecified atom stereocenters. The van der Waals surface area contributed by atoms with E-state index in [4.69, 9.17) is 4.42 Å². The van der Waals surface area contributed by atoms with Crippen molar-refractivity contribution in [2.45, 2.75) is 18.4 Å². The highest BCUT2D eigenvalue weighted by molar-refractivity contribution is 7.89. The van der Waals surface area contributed by atoms with Crippen LogP contribution < -0.4 is 10.0 Å². The Labute approximate surface area is 144 Å². The highest BCUT2D eigenvalue weighted by atomic mass is 32.2. The van der Waals surface area contributed by atoms with Crippen molar-refractivity contribution >= 4 is 21.6 Å². The second kappa shape index (κ2) is 6.91. The summed E-state index contributed by atoms with van der Waals surface area (Å²) in [6.07, 6.45) is 4.45. The van der Waals surface area contributed by atoms with Gasteiger partial charge in [-0.25, -0.2) is 13.1 Å². The summed E-state index contributed by atoms with van der Waals surface area (Å²) in [6.45, 7) is 1.76. The number of hydrogen-bond acceptors (Lipinski definition) is 5. The van der Waals surface area contributed by atoms with Crippen molar-refractivity contribution in [3.05, 3.63) is 65.9 Å². The number of anilines is 1. The van der Waals surface area contributed by atoms with Crippen molar-refractivity contribution < 1.29 is 17.6 Å². The fourth-order valence-corrected chi connectivity index (χ4v) is 3.21. The molecule has 130 valence electrons. The highest BCUT2D eigenvalue weighted by Gasteiger charge is 2.18. The Bertz CT molecular complexity index is 964. The molecule has 0 radical (unpaired) electrons. The lowest BCUT2D eigenvalue weighted by Gasteiger charge is -2.10. The second-order valence-electron chi connectivity index (χ2n) is 5.32. The van der Waals surface area contributed by atoms with Crippen LogP contribution in [0.25, 0.3) is 0 Å². The minimum absolute atomic E-state index is 0.00185. The van der Waals surface area contributed by atoms with E-state index >= 15 is 0 Å². The summed E-state index contributed by atoms with van der Waals surface area (Å²) in [4.78, 5) is 12.4. The largest absolute Gasteiger partial charge is 0.468 e. The topological polar surface area (TPSA) is 117 Å². The fraction of sp³-hybridized carbons (Fsp3) is 0.125. The summed E-state index contributed by atoms with van der Waals surface area (Å²) in [6, 6.07) is 7.73. The first-order chi connectivity index (χ1) is 12.0. The molecule has 0 spiro atoms. The second-order valence-corrected chi connectivity index (χ2v) is 7.09. The van der Waals surface area contributed by atoms with Gasteiger partial charge in [-0.15, -0.1) is 0 Å². The van der Waals surface area contributed by atoms with Crippen LogP contribution in [0.1, 0.15) is 21.7 Å². The summed E-state index contributed by atoms with van der Waals surface area (Å²) in [5.41, 5.74) is 1.42. The summed E-state index contributed by atoms with van der Waals surface area (Å²) >= 11 is 0. The van der Waals surface area contributed by atoms with E-state index < -0.39 is 15.9 Å². The minimum atomic E-state index is -3.78. The Morgan fingerprint density at radius 2 is 2.16 bits per heavy atom. The summed E-state index contributed by atoms with van der Waals surface area (Å²) in [7, 11) is -3.78. The molecule has 1 aromatic carbocycles. The Morgan fingerprint density at radius 3 is 2.84 bits per heavy atom. The van der Waals surface area contributed by atoms with Crippen molar-refractivity contribution in [3.63, 3.8) is 0 Å². The molecule has 1 amide bonds. The molecule has 0 saturated heterocycles. The van der Waals surface area contributed by atoms with Gasteiger partial charge in [-0.2, -0.15) is 5.10 Å². The van der Waals surface area contributed by atoms with E-state index in [0.717, 1.165) is 0 Å². The van der Waals surface area contributed by atoms with Crippen LogP contribution in [0.15, 0.2) is 58.3 Å². The summed E-state index contributed by atoms with van der Waals surface area (Å²) < 4.78 is 32.4. The molecule has 8 nitrogen and oxygen atoms in total. The van der Waals surface area contributed by atoms with Crippen molar-refractivity contribution in [2.75, 3.05) is 5.32 Å². The van der Waals surface area contributed by atoms with Crippen LogP contribution in [0.2, 0.25) is 0 Å². The third-order valence-electron chi connectivity index (χ3n) is 3.54. The average Bonchev–Trinajstić information content (AvgIpc) is 3.26. The number of carbonyl (C=O) groups excluding carboxylic acids is 1. The van der Waals surface area contributed by atoms with E-state index in [-0.39, 0.29) is 17.0 Å². The predicted octanol–water partition coefficient (Wildman–Crippen LogP) is 2.04. The van der Waals surface area contributed by atoms with E-state index in [1.165, 1.54) is 30.8 Å². The molecule has 3 aromatic rings. The van der Waals surface area contributed by atoms with Crippen molar-refractivity contribution in [2.24, 2.45) is 0 Å². The molecule has 0 atom stereocenters. The number of amides is 1. The molecular formula is C16H16N4O4S. The molecule has 0 saturated carbocycles. The van der Waals surface area contributed by atoms with Crippen LogP contribution in [-0.4, -0.2) is 24.5 Å². The lowest BCUT2D eigenvalue weighted by atomic mass is 10.1. The maximum atomic E-state index is 12.4. The number of aryl methyl sites for hydroxylation is 1. The van der Waals surface area contributed by atoms with E-state index in [9.17, 15) is 13.2 Å². The maximum Gasteiger partial charge on any atom is 0.256 e. The Kier molecular flexibility index (Phi) is 4.68. The zero-order chi connectivity index (χ0) is 17.9. The van der Waals surface area contributed by atoms with Crippen molar-refractivity contribution in [1.82, 2.24) is 14.9 Å². The van der Waals surface area contributed by atoms with Gasteiger partial charge in [0, 0.05) is 11.8 Å². The Morgan fingerprint density at radius 1 is 1.32 bits per heavy atom. The monoisotopic (exact) mass is 360 g/mol. The number of benzene rings is 1. The number of H-pyrrole nitrogens is 1. The van der Waals surface area contributed by atoms with Gasteiger partial charge in [-0.1, -0.05) is 6.07 Å². The lowest BCUT2D eigenvalue weighted by molar-refractivity contribution is 0.102. The first kappa shape index (κ1) is 16.9. The number of nitrogens with one attached hydrogen (secondary N) is 3. The standard InChI is InChI=1S/C16H16N4O4S/c1-11-4-5-14(25(22,23)19-10-13-3-2-6-24-13)7-15(11)16(21)20-12-8-17-18-9-12/h2-9,19H,10H2,1H3,(H,17,18)(H,20,21). The highest BCUT2D eigenvalue weighted by Crippen LogP contribution is 2.17. The lowest BCUT2D eigenvalue weighted by Crippen LogP contribution is -2.24. The Balaban J connectivity index is 1.81. The van der Waals surface area contributed by atoms with Gasteiger partial charge in [0.25, 0.3) is 5.91 Å². The fourth-order valence-electron chi connectivity index (χ4n) is 2.19. The third-order valence-corrected chi connectivity index (χ3v) is 4.94. The van der Waals surface area contributed by atoms with E-state index in [1.54, 1.807) is 25.1 Å². The molecule has 0 aliphatic carbocycles. The van der Waals surface area contributed by atoms with Crippen LogP contribution in [0.3, 0.4) is 0 Å². The molecule has 0 aliphatic rings. The first-order valence-electron chi connectivity index (χ1n) is 7.38. The average molecular weight is 360 g/mol. The summed E-state index contributed by atoms with van der Waals surface area (Å²) in [5, 5.41) is 8.98. The number of hydrogen-bond donors (Lipinski definition) is 3. The van der Waals surface area contributed by atoms with Gasteiger partial charge >= 0.3 is 0 Å². The zero-order valence-electron chi connectivity index (χ0n) is 13.3. The minimum Gasteiger partial charge on any atom is -0.468 e. The van der Waals surface area contributed by atoms with Gasteiger partial charge in [0.2, 0.25) is 10.0 Å². The van der Waals surface area contributed by atoms with Crippen LogP contribution in [0.4, 0.5) is 5.69 Å². The third kappa shape index (κ3) is 3.95. The molecule has 3 rings (SSSR count). The van der Waals surface area contributed by atoms with Crippen molar-refractivity contribution in [3.8, 4) is 0 Å². The van der Waals surface area contributed by atoms with Gasteiger partial charge in [0.05, 0.1) is 29.6 Å². The van der Waals surface area contributed by atoms with E-state index in [2.05, 4.69) is 20.2 Å². The van der Waals surface area contributed by atoms with E-state index in [0.29, 0.717) is 17.0 Å². The number of aromatic amines is 1. The molecule has 0 fully saturated rings. The Hall–Kier alpha value is -2.91. The number of carbonyl (C=O) groups is 1. The smallest absolute Gasteiger partial charge is 0.256 e. The molecule has 25 heavy (non-hydrogen) atoms. The molecule has 0 aliphatic heterocycles. The number of aromatic nitrogens is 2. The summed E-state index contributed by atoms with van der Waals surface area (Å²) in [5.74, 6) is 0.0793. The quantitative estimate of drug-likeness (QED) is 0.622. The molecule has 3 N–H and O–H groups in total. The van der Waals surface area contributed by atoms with Crippen LogP contribution in [0, 0.1) is 6.92 Å². The van der Waals surface area contributed by atoms with Crippen molar-refractivity contribution in [1.29, 1.82) is 0 Å². The van der Waals surface area contributed by atoms with Crippen LogP contribution in [-0.2, 0) is 16.6 Å². The molecule has 9 heteroatoms. The molecule has 0 bridgehead atoms. The number of nitrogens with zero attached hydrogens (tertiary/aromatic N) is 1. The van der Waals surface area contributed by atoms with Gasteiger partial charge in [-0.3, -0.25) is 9.89 Å². The zero-order valence-corrected chi connectivity index (χ0v) is 14.1.